The van der Waals surface area contributed by atoms with Gasteiger partial charge in [-0.3, -0.25) is 9.69 Å². The average Bonchev–Trinajstić information content (AvgIpc) is 3.34. The van der Waals surface area contributed by atoms with Gasteiger partial charge >= 0.3 is 0 Å². The molecule has 26 heavy (non-hydrogen) atoms. The molecule has 1 aromatic carbocycles. The summed E-state index contributed by atoms with van der Waals surface area (Å²) in [6.45, 7) is 5.45. The van der Waals surface area contributed by atoms with Crippen molar-refractivity contribution in [3.8, 4) is 11.5 Å². The fourth-order valence-electron chi connectivity index (χ4n) is 3.46. The summed E-state index contributed by atoms with van der Waals surface area (Å²) in [4.78, 5) is 16.4. The number of fused-ring (bicyclic) bond motifs is 1. The number of nitrogens with one attached hydrogen (secondary N) is 1. The SMILES string of the molecule is C[C@H](NC(=O)c1ccc2c(c1)OCO2)[C@H](c1cccs1)N1CCOCC1. The molecule has 0 bridgehead atoms. The predicted octanol–water partition coefficient (Wildman–Crippen LogP) is 2.67. The van der Waals surface area contributed by atoms with Crippen molar-refractivity contribution in [3.05, 3.63) is 46.2 Å². The predicted molar refractivity (Wildman–Crippen MR) is 98.9 cm³/mol. The molecule has 0 unspecified atom stereocenters. The maximum atomic E-state index is 12.8. The van der Waals surface area contributed by atoms with Gasteiger partial charge in [-0.25, -0.2) is 0 Å². The molecule has 0 spiro atoms. The first-order valence-corrected chi connectivity index (χ1v) is 9.66. The first-order chi connectivity index (χ1) is 12.7. The zero-order valence-electron chi connectivity index (χ0n) is 14.6. The van der Waals surface area contributed by atoms with E-state index in [1.54, 1.807) is 29.5 Å². The third-order valence-corrected chi connectivity index (χ3v) is 5.68. The van der Waals surface area contributed by atoms with Gasteiger partial charge in [0.15, 0.2) is 11.5 Å². The summed E-state index contributed by atoms with van der Waals surface area (Å²) in [6, 6.07) is 9.57. The van der Waals surface area contributed by atoms with Gasteiger partial charge in [0.05, 0.1) is 19.3 Å². The minimum atomic E-state index is -0.106. The lowest BCUT2D eigenvalue weighted by Gasteiger charge is -2.37. The number of benzene rings is 1. The number of thiophene rings is 1. The van der Waals surface area contributed by atoms with Crippen LogP contribution >= 0.6 is 11.3 Å². The molecule has 2 atom stereocenters. The first-order valence-electron chi connectivity index (χ1n) is 8.78. The molecule has 3 heterocycles. The second kappa shape index (κ2) is 7.65. The van der Waals surface area contributed by atoms with Crippen molar-refractivity contribution in [1.82, 2.24) is 10.2 Å². The molecule has 1 amide bonds. The van der Waals surface area contributed by atoms with Crippen LogP contribution in [0.5, 0.6) is 11.5 Å². The summed E-state index contributed by atoms with van der Waals surface area (Å²) in [7, 11) is 0. The molecule has 6 nitrogen and oxygen atoms in total. The van der Waals surface area contributed by atoms with Gasteiger partial charge in [0.2, 0.25) is 6.79 Å². The molecule has 1 aromatic heterocycles. The smallest absolute Gasteiger partial charge is 0.251 e. The minimum Gasteiger partial charge on any atom is -0.454 e. The molecule has 138 valence electrons. The molecule has 0 aliphatic carbocycles. The first kappa shape index (κ1) is 17.3. The van der Waals surface area contributed by atoms with E-state index in [4.69, 9.17) is 14.2 Å². The van der Waals surface area contributed by atoms with Crippen molar-refractivity contribution in [2.45, 2.75) is 19.0 Å². The van der Waals surface area contributed by atoms with E-state index in [-0.39, 0.29) is 24.8 Å². The Labute approximate surface area is 156 Å². The lowest BCUT2D eigenvalue weighted by atomic mass is 10.0. The van der Waals surface area contributed by atoms with Gasteiger partial charge in [-0.1, -0.05) is 6.07 Å². The largest absolute Gasteiger partial charge is 0.454 e. The van der Waals surface area contributed by atoms with Crippen LogP contribution in [-0.2, 0) is 4.74 Å². The van der Waals surface area contributed by atoms with E-state index < -0.39 is 0 Å². The van der Waals surface area contributed by atoms with Crippen LogP contribution in [0.15, 0.2) is 35.7 Å². The van der Waals surface area contributed by atoms with Crippen LogP contribution in [-0.4, -0.2) is 49.9 Å². The van der Waals surface area contributed by atoms with Gasteiger partial charge in [-0.15, -0.1) is 11.3 Å². The van der Waals surface area contributed by atoms with Gasteiger partial charge in [-0.2, -0.15) is 0 Å². The van der Waals surface area contributed by atoms with Crippen molar-refractivity contribution in [1.29, 1.82) is 0 Å². The van der Waals surface area contributed by atoms with Crippen molar-refractivity contribution in [2.24, 2.45) is 0 Å². The highest BCUT2D eigenvalue weighted by Crippen LogP contribution is 2.33. The van der Waals surface area contributed by atoms with Crippen LogP contribution in [0, 0.1) is 0 Å². The molecule has 0 radical (unpaired) electrons. The quantitative estimate of drug-likeness (QED) is 0.872. The Hall–Kier alpha value is -2.09. The van der Waals surface area contributed by atoms with Crippen LogP contribution in [0.3, 0.4) is 0 Å². The van der Waals surface area contributed by atoms with Crippen molar-refractivity contribution < 1.29 is 19.0 Å². The van der Waals surface area contributed by atoms with Gasteiger partial charge in [0.25, 0.3) is 5.91 Å². The summed E-state index contributed by atoms with van der Waals surface area (Å²) < 4.78 is 16.2. The number of nitrogens with zero attached hydrogens (tertiary/aromatic N) is 1. The highest BCUT2D eigenvalue weighted by molar-refractivity contribution is 7.10. The normalized spacial score (nSPS) is 19.1. The van der Waals surface area contributed by atoms with Crippen LogP contribution in [0.1, 0.15) is 28.2 Å². The number of hydrogen-bond donors (Lipinski definition) is 1. The number of rotatable bonds is 5. The summed E-state index contributed by atoms with van der Waals surface area (Å²) in [5.74, 6) is 1.19. The lowest BCUT2D eigenvalue weighted by Crippen LogP contribution is -2.48. The molecular formula is C19H22N2O4S. The second-order valence-corrected chi connectivity index (χ2v) is 7.42. The third kappa shape index (κ3) is 3.56. The Kier molecular flexibility index (Phi) is 5.10. The zero-order valence-corrected chi connectivity index (χ0v) is 15.5. The number of carbonyl (C=O) groups is 1. The molecule has 1 fully saturated rings. The Morgan fingerprint density at radius 1 is 1.19 bits per heavy atom. The van der Waals surface area contributed by atoms with Crippen molar-refractivity contribution in [3.63, 3.8) is 0 Å². The van der Waals surface area contributed by atoms with E-state index in [1.165, 1.54) is 4.88 Å². The van der Waals surface area contributed by atoms with Crippen LogP contribution < -0.4 is 14.8 Å². The Balaban J connectivity index is 1.50. The van der Waals surface area contributed by atoms with E-state index in [0.717, 1.165) is 26.3 Å². The van der Waals surface area contributed by atoms with Gasteiger partial charge in [0, 0.05) is 29.6 Å². The van der Waals surface area contributed by atoms with Gasteiger partial charge in [0.1, 0.15) is 0 Å². The van der Waals surface area contributed by atoms with Gasteiger partial charge in [-0.05, 0) is 36.6 Å². The fraction of sp³-hybridized carbons (Fsp3) is 0.421. The monoisotopic (exact) mass is 374 g/mol. The molecule has 4 rings (SSSR count). The van der Waals surface area contributed by atoms with Crippen LogP contribution in [0.2, 0.25) is 0 Å². The summed E-state index contributed by atoms with van der Waals surface area (Å²) in [5.41, 5.74) is 0.577. The molecule has 2 aliphatic heterocycles. The maximum Gasteiger partial charge on any atom is 0.251 e. The average molecular weight is 374 g/mol. The highest BCUT2D eigenvalue weighted by atomic mass is 32.1. The van der Waals surface area contributed by atoms with E-state index >= 15 is 0 Å². The Morgan fingerprint density at radius 2 is 2.00 bits per heavy atom. The molecule has 1 saturated heterocycles. The molecule has 2 aromatic rings. The summed E-state index contributed by atoms with van der Waals surface area (Å²) >= 11 is 1.72. The number of amides is 1. The molecule has 2 aliphatic rings. The lowest BCUT2D eigenvalue weighted by molar-refractivity contribution is 0.00969. The van der Waals surface area contributed by atoms with Crippen molar-refractivity contribution >= 4 is 17.2 Å². The zero-order chi connectivity index (χ0) is 17.9. The number of ether oxygens (including phenoxy) is 3. The number of hydrogen-bond acceptors (Lipinski definition) is 6. The molecular weight excluding hydrogens is 352 g/mol. The summed E-state index contributed by atoms with van der Waals surface area (Å²) in [6.07, 6.45) is 0. The standard InChI is InChI=1S/C19H22N2O4S/c1-13(18(17-3-2-10-26-17)21-6-8-23-9-7-21)20-19(22)14-4-5-15-16(11-14)25-12-24-15/h2-5,10-11,13,18H,6-9,12H2,1H3,(H,20,22)/t13-,18+/m0/s1. The van der Waals surface area contributed by atoms with E-state index in [0.29, 0.717) is 17.1 Å². The molecule has 7 heteroatoms. The Bertz CT molecular complexity index is 759. The van der Waals surface area contributed by atoms with Crippen LogP contribution in [0.4, 0.5) is 0 Å². The number of carbonyl (C=O) groups excluding carboxylic acids is 1. The minimum absolute atomic E-state index is 0.0373. The highest BCUT2D eigenvalue weighted by Gasteiger charge is 2.30. The van der Waals surface area contributed by atoms with E-state index in [9.17, 15) is 4.79 Å². The van der Waals surface area contributed by atoms with Crippen molar-refractivity contribution in [2.75, 3.05) is 33.1 Å². The molecule has 0 saturated carbocycles. The fourth-order valence-corrected chi connectivity index (χ4v) is 4.43. The Morgan fingerprint density at radius 3 is 2.77 bits per heavy atom. The van der Waals surface area contributed by atoms with E-state index in [2.05, 4.69) is 34.7 Å². The van der Waals surface area contributed by atoms with Crippen LogP contribution in [0.25, 0.3) is 0 Å². The summed E-state index contributed by atoms with van der Waals surface area (Å²) in [5, 5.41) is 5.24. The maximum absolute atomic E-state index is 12.8. The van der Waals surface area contributed by atoms with E-state index in [1.807, 2.05) is 0 Å². The molecule has 1 N–H and O–H groups in total. The third-order valence-electron chi connectivity index (χ3n) is 4.74. The topological polar surface area (TPSA) is 60.0 Å². The second-order valence-electron chi connectivity index (χ2n) is 6.44. The van der Waals surface area contributed by atoms with Gasteiger partial charge < -0.3 is 19.5 Å². The number of morpholine rings is 1.